The number of rotatable bonds is 4. The molecular weight excluding hydrogens is 356 g/mol. The maximum Gasteiger partial charge on any atom is 0.315 e. The zero-order valence-corrected chi connectivity index (χ0v) is 16.4. The molecule has 4 rings (SSSR count). The molecule has 1 amide bonds. The maximum atomic E-state index is 12.9. The predicted octanol–water partition coefficient (Wildman–Crippen LogP) is 2.26. The first-order valence-electron chi connectivity index (χ1n) is 9.98. The van der Waals surface area contributed by atoms with Crippen LogP contribution in [-0.4, -0.2) is 43.0 Å². The Balaban J connectivity index is 1.80. The smallest absolute Gasteiger partial charge is 0.315 e. The van der Waals surface area contributed by atoms with E-state index >= 15 is 0 Å². The molecule has 0 unspecified atom stereocenters. The van der Waals surface area contributed by atoms with E-state index in [1.807, 2.05) is 32.0 Å². The van der Waals surface area contributed by atoms with Crippen LogP contribution in [0.3, 0.4) is 0 Å². The second-order valence-corrected chi connectivity index (χ2v) is 8.15. The van der Waals surface area contributed by atoms with Gasteiger partial charge in [-0.3, -0.25) is 14.6 Å². The number of fused-ring (bicyclic) bond motifs is 1. The fourth-order valence-electron chi connectivity index (χ4n) is 4.67. The first kappa shape index (κ1) is 18.7. The van der Waals surface area contributed by atoms with Crippen LogP contribution in [0.2, 0.25) is 0 Å². The van der Waals surface area contributed by atoms with Crippen LogP contribution < -0.4 is 5.56 Å². The standard InChI is InChI=1S/C21H26N4O3/c1-14(2)24-11-12-25-16(23-19(27)18(26)17(25)20(24)28)13-21(8-4-5-9-21)15-7-3-6-10-22-15/h3,6-7,10,14,26H,4-5,8-9,11-13H2,1-2H3. The Labute approximate surface area is 164 Å². The Bertz CT molecular complexity index is 946. The molecule has 1 aliphatic heterocycles. The van der Waals surface area contributed by atoms with E-state index < -0.39 is 11.3 Å². The quantitative estimate of drug-likeness (QED) is 0.876. The lowest BCUT2D eigenvalue weighted by molar-refractivity contribution is 0.0636. The lowest BCUT2D eigenvalue weighted by atomic mass is 9.78. The Kier molecular flexibility index (Phi) is 4.69. The van der Waals surface area contributed by atoms with Crippen molar-refractivity contribution in [2.45, 2.75) is 64.0 Å². The van der Waals surface area contributed by atoms with Gasteiger partial charge in [-0.2, -0.15) is 4.98 Å². The van der Waals surface area contributed by atoms with Gasteiger partial charge in [-0.05, 0) is 38.8 Å². The molecule has 2 aromatic heterocycles. The minimum Gasteiger partial charge on any atom is -0.501 e. The van der Waals surface area contributed by atoms with Crippen LogP contribution in [0.5, 0.6) is 5.75 Å². The molecule has 28 heavy (non-hydrogen) atoms. The van der Waals surface area contributed by atoms with Gasteiger partial charge in [-0.1, -0.05) is 18.9 Å². The minimum atomic E-state index is -0.727. The molecule has 148 valence electrons. The number of aromatic nitrogens is 3. The van der Waals surface area contributed by atoms with Crippen LogP contribution in [0.1, 0.15) is 61.5 Å². The summed E-state index contributed by atoms with van der Waals surface area (Å²) in [6, 6.07) is 5.92. The monoisotopic (exact) mass is 382 g/mol. The number of pyridine rings is 1. The molecular formula is C21H26N4O3. The van der Waals surface area contributed by atoms with Crippen molar-refractivity contribution in [2.24, 2.45) is 0 Å². The topological polar surface area (TPSA) is 88.3 Å². The third kappa shape index (κ3) is 2.99. The van der Waals surface area contributed by atoms with Gasteiger partial charge in [-0.15, -0.1) is 0 Å². The number of carbonyl (C=O) groups excluding carboxylic acids is 1. The summed E-state index contributed by atoms with van der Waals surface area (Å²) in [6.45, 7) is 4.92. The van der Waals surface area contributed by atoms with E-state index in [1.165, 1.54) is 0 Å². The summed E-state index contributed by atoms with van der Waals surface area (Å²) in [5, 5.41) is 10.3. The average molecular weight is 382 g/mol. The normalized spacial score (nSPS) is 18.5. The molecule has 0 spiro atoms. The lowest BCUT2D eigenvalue weighted by Gasteiger charge is -2.35. The maximum absolute atomic E-state index is 12.9. The van der Waals surface area contributed by atoms with Gasteiger partial charge in [0.25, 0.3) is 5.91 Å². The fraction of sp³-hybridized carbons (Fsp3) is 0.524. The van der Waals surface area contributed by atoms with Crippen LogP contribution in [0.25, 0.3) is 0 Å². The molecule has 1 N–H and O–H groups in total. The first-order chi connectivity index (χ1) is 13.4. The van der Waals surface area contributed by atoms with Gasteiger partial charge in [0.05, 0.1) is 0 Å². The van der Waals surface area contributed by atoms with Crippen molar-refractivity contribution in [1.29, 1.82) is 0 Å². The van der Waals surface area contributed by atoms with Crippen LogP contribution >= 0.6 is 0 Å². The van der Waals surface area contributed by atoms with Gasteiger partial charge < -0.3 is 14.6 Å². The second-order valence-electron chi connectivity index (χ2n) is 8.15. The summed E-state index contributed by atoms with van der Waals surface area (Å²) in [5.41, 5.74) is 0.171. The highest BCUT2D eigenvalue weighted by Gasteiger charge is 2.40. The molecule has 0 aromatic carbocycles. The Hall–Kier alpha value is -2.70. The molecule has 1 aliphatic carbocycles. The highest BCUT2D eigenvalue weighted by molar-refractivity contribution is 5.95. The summed E-state index contributed by atoms with van der Waals surface area (Å²) in [6.07, 6.45) is 6.49. The van der Waals surface area contributed by atoms with E-state index in [-0.39, 0.29) is 23.1 Å². The summed E-state index contributed by atoms with van der Waals surface area (Å²) in [7, 11) is 0. The number of amides is 1. The lowest BCUT2D eigenvalue weighted by Crippen LogP contribution is -2.47. The zero-order chi connectivity index (χ0) is 19.9. The molecule has 7 heteroatoms. The SMILES string of the molecule is CC(C)N1CCn2c(CC3(c4ccccn4)CCCC3)nc(=O)c(O)c2C1=O. The molecule has 0 saturated heterocycles. The van der Waals surface area contributed by atoms with E-state index in [0.717, 1.165) is 31.4 Å². The number of nitrogens with zero attached hydrogens (tertiary/aromatic N) is 4. The van der Waals surface area contributed by atoms with Gasteiger partial charge in [0.1, 0.15) is 5.82 Å². The first-order valence-corrected chi connectivity index (χ1v) is 9.98. The van der Waals surface area contributed by atoms with E-state index in [2.05, 4.69) is 9.97 Å². The van der Waals surface area contributed by atoms with Crippen molar-refractivity contribution >= 4 is 5.91 Å². The molecule has 2 aliphatic rings. The van der Waals surface area contributed by atoms with Gasteiger partial charge in [0.2, 0.25) is 5.75 Å². The predicted molar refractivity (Wildman–Crippen MR) is 104 cm³/mol. The molecule has 0 bridgehead atoms. The van der Waals surface area contributed by atoms with Crippen molar-refractivity contribution in [2.75, 3.05) is 6.54 Å². The van der Waals surface area contributed by atoms with Gasteiger partial charge in [-0.25, -0.2) is 0 Å². The second kappa shape index (κ2) is 7.04. The third-order valence-corrected chi connectivity index (χ3v) is 6.16. The Morgan fingerprint density at radius 3 is 2.57 bits per heavy atom. The summed E-state index contributed by atoms with van der Waals surface area (Å²) in [4.78, 5) is 35.8. The van der Waals surface area contributed by atoms with E-state index in [4.69, 9.17) is 0 Å². The fourth-order valence-corrected chi connectivity index (χ4v) is 4.67. The van der Waals surface area contributed by atoms with Crippen molar-refractivity contribution in [3.63, 3.8) is 0 Å². The molecule has 0 radical (unpaired) electrons. The van der Waals surface area contributed by atoms with Crippen molar-refractivity contribution in [3.8, 4) is 5.75 Å². The molecule has 3 heterocycles. The van der Waals surface area contributed by atoms with Crippen molar-refractivity contribution in [1.82, 2.24) is 19.4 Å². The van der Waals surface area contributed by atoms with E-state index in [9.17, 15) is 14.7 Å². The summed E-state index contributed by atoms with van der Waals surface area (Å²) in [5.74, 6) is -0.280. The molecule has 2 aromatic rings. The minimum absolute atomic E-state index is 0.00191. The largest absolute Gasteiger partial charge is 0.501 e. The van der Waals surface area contributed by atoms with Crippen LogP contribution in [0.4, 0.5) is 0 Å². The van der Waals surface area contributed by atoms with Crippen LogP contribution in [0.15, 0.2) is 29.2 Å². The number of aromatic hydroxyl groups is 1. The van der Waals surface area contributed by atoms with Crippen molar-refractivity contribution in [3.05, 3.63) is 52.0 Å². The molecule has 7 nitrogen and oxygen atoms in total. The molecule has 1 fully saturated rings. The van der Waals surface area contributed by atoms with Crippen molar-refractivity contribution < 1.29 is 9.90 Å². The summed E-state index contributed by atoms with van der Waals surface area (Å²) < 4.78 is 1.75. The average Bonchev–Trinajstić information content (AvgIpc) is 3.16. The van der Waals surface area contributed by atoms with Crippen LogP contribution in [-0.2, 0) is 18.4 Å². The van der Waals surface area contributed by atoms with Gasteiger partial charge >= 0.3 is 5.56 Å². The molecule has 1 saturated carbocycles. The van der Waals surface area contributed by atoms with E-state index in [1.54, 1.807) is 15.7 Å². The Morgan fingerprint density at radius 2 is 1.93 bits per heavy atom. The summed E-state index contributed by atoms with van der Waals surface area (Å²) >= 11 is 0. The van der Waals surface area contributed by atoms with E-state index in [0.29, 0.717) is 25.3 Å². The van der Waals surface area contributed by atoms with Gasteiger partial charge in [0, 0.05) is 42.9 Å². The Morgan fingerprint density at radius 1 is 1.18 bits per heavy atom. The highest BCUT2D eigenvalue weighted by Crippen LogP contribution is 2.42. The number of hydrogen-bond donors (Lipinski definition) is 1. The number of carbonyl (C=O) groups is 1. The van der Waals surface area contributed by atoms with Crippen LogP contribution in [0, 0.1) is 0 Å². The molecule has 0 atom stereocenters. The third-order valence-electron chi connectivity index (χ3n) is 6.16. The number of hydrogen-bond acceptors (Lipinski definition) is 5. The van der Waals surface area contributed by atoms with Gasteiger partial charge in [0.15, 0.2) is 5.69 Å². The zero-order valence-electron chi connectivity index (χ0n) is 16.4. The highest BCUT2D eigenvalue weighted by atomic mass is 16.3.